The van der Waals surface area contributed by atoms with Crippen LogP contribution in [-0.2, 0) is 5.54 Å². The average Bonchev–Trinajstić information content (AvgIpc) is 3.00. The fraction of sp³-hybridized carbons (Fsp3) is 0.500. The van der Waals surface area contributed by atoms with E-state index in [4.69, 9.17) is 12.2 Å². The highest BCUT2D eigenvalue weighted by Crippen LogP contribution is 2.45. The number of fused-ring (bicyclic) bond motifs is 1. The molecule has 1 saturated carbocycles. The van der Waals surface area contributed by atoms with E-state index in [-0.39, 0.29) is 5.54 Å². The molecule has 0 radical (unpaired) electrons. The number of aromatic nitrogens is 3. The van der Waals surface area contributed by atoms with E-state index in [2.05, 4.69) is 28.4 Å². The van der Waals surface area contributed by atoms with Crippen LogP contribution in [0, 0.1) is 10.7 Å². The lowest BCUT2D eigenvalue weighted by Crippen LogP contribution is -2.28. The van der Waals surface area contributed by atoms with E-state index in [1.165, 1.54) is 12.8 Å². The standard InChI is InChI=1S/C12H15N3S/c1-12(2,8-3-4-8)15-10-5-6-13-7-9(10)14-11(15)16/h5-8H,3-4H2,1-2H3,(H,14,16). The largest absolute Gasteiger partial charge is 0.329 e. The van der Waals surface area contributed by atoms with Crippen molar-refractivity contribution in [3.05, 3.63) is 23.2 Å². The van der Waals surface area contributed by atoms with Crippen molar-refractivity contribution in [2.75, 3.05) is 0 Å². The number of pyridine rings is 1. The summed E-state index contributed by atoms with van der Waals surface area (Å²) < 4.78 is 3.05. The molecular formula is C12H15N3S. The molecule has 1 N–H and O–H groups in total. The van der Waals surface area contributed by atoms with Gasteiger partial charge in [-0.25, -0.2) is 0 Å². The van der Waals surface area contributed by atoms with Gasteiger partial charge in [-0.15, -0.1) is 0 Å². The van der Waals surface area contributed by atoms with Gasteiger partial charge in [-0.1, -0.05) is 0 Å². The van der Waals surface area contributed by atoms with Crippen LogP contribution in [0.2, 0.25) is 0 Å². The maximum atomic E-state index is 5.43. The van der Waals surface area contributed by atoms with Crippen LogP contribution < -0.4 is 0 Å². The molecule has 3 rings (SSSR count). The Hall–Kier alpha value is -1.16. The maximum absolute atomic E-state index is 5.43. The minimum atomic E-state index is 0.108. The van der Waals surface area contributed by atoms with Crippen LogP contribution in [-0.4, -0.2) is 14.5 Å². The monoisotopic (exact) mass is 233 g/mol. The Kier molecular flexibility index (Phi) is 1.98. The Labute approximate surface area is 99.5 Å². The summed E-state index contributed by atoms with van der Waals surface area (Å²) >= 11 is 5.43. The Balaban J connectivity index is 2.30. The second kappa shape index (κ2) is 3.17. The van der Waals surface area contributed by atoms with E-state index in [1.807, 2.05) is 18.5 Å². The van der Waals surface area contributed by atoms with Gasteiger partial charge < -0.3 is 9.55 Å². The van der Waals surface area contributed by atoms with Crippen LogP contribution >= 0.6 is 12.2 Å². The van der Waals surface area contributed by atoms with Crippen LogP contribution in [0.15, 0.2) is 18.5 Å². The van der Waals surface area contributed by atoms with Gasteiger partial charge in [0.25, 0.3) is 0 Å². The zero-order chi connectivity index (χ0) is 11.3. The van der Waals surface area contributed by atoms with Gasteiger partial charge in [0.15, 0.2) is 4.77 Å². The normalized spacial score (nSPS) is 16.9. The molecule has 84 valence electrons. The summed E-state index contributed by atoms with van der Waals surface area (Å²) in [7, 11) is 0. The van der Waals surface area contributed by atoms with Gasteiger partial charge in [-0.05, 0) is 50.9 Å². The van der Waals surface area contributed by atoms with Gasteiger partial charge in [0, 0.05) is 11.7 Å². The minimum absolute atomic E-state index is 0.108. The number of imidazole rings is 1. The van der Waals surface area contributed by atoms with E-state index >= 15 is 0 Å². The van der Waals surface area contributed by atoms with E-state index < -0.39 is 0 Å². The zero-order valence-electron chi connectivity index (χ0n) is 9.53. The van der Waals surface area contributed by atoms with Crippen molar-refractivity contribution in [2.24, 2.45) is 5.92 Å². The number of hydrogen-bond donors (Lipinski definition) is 1. The van der Waals surface area contributed by atoms with Crippen molar-refractivity contribution in [3.63, 3.8) is 0 Å². The summed E-state index contributed by atoms with van der Waals surface area (Å²) in [5.74, 6) is 0.756. The lowest BCUT2D eigenvalue weighted by atomic mass is 9.98. The van der Waals surface area contributed by atoms with E-state index in [0.29, 0.717) is 0 Å². The van der Waals surface area contributed by atoms with Crippen LogP contribution in [0.5, 0.6) is 0 Å². The molecule has 0 unspecified atom stereocenters. The van der Waals surface area contributed by atoms with Crippen molar-refractivity contribution < 1.29 is 0 Å². The molecule has 16 heavy (non-hydrogen) atoms. The van der Waals surface area contributed by atoms with Gasteiger partial charge >= 0.3 is 0 Å². The van der Waals surface area contributed by atoms with Gasteiger partial charge in [0.05, 0.1) is 17.2 Å². The number of nitrogens with zero attached hydrogens (tertiary/aromatic N) is 2. The Morgan fingerprint density at radius 1 is 1.50 bits per heavy atom. The molecule has 0 spiro atoms. The third-order valence-corrected chi connectivity index (χ3v) is 3.92. The van der Waals surface area contributed by atoms with Crippen molar-refractivity contribution in [3.8, 4) is 0 Å². The number of nitrogens with one attached hydrogen (secondary N) is 1. The third-order valence-electron chi connectivity index (χ3n) is 3.64. The average molecular weight is 233 g/mol. The predicted molar refractivity (Wildman–Crippen MR) is 67.0 cm³/mol. The summed E-state index contributed by atoms with van der Waals surface area (Å²) in [6, 6.07) is 2.03. The van der Waals surface area contributed by atoms with Gasteiger partial charge in [-0.2, -0.15) is 0 Å². The molecule has 0 atom stereocenters. The van der Waals surface area contributed by atoms with Crippen molar-refractivity contribution in [2.45, 2.75) is 32.2 Å². The molecule has 2 aromatic rings. The molecule has 0 aromatic carbocycles. The summed E-state index contributed by atoms with van der Waals surface area (Å²) in [5, 5.41) is 0. The van der Waals surface area contributed by atoms with Crippen molar-refractivity contribution in [1.82, 2.24) is 14.5 Å². The molecule has 1 aliphatic rings. The maximum Gasteiger partial charge on any atom is 0.178 e. The first-order valence-corrected chi connectivity index (χ1v) is 6.07. The Morgan fingerprint density at radius 2 is 2.25 bits per heavy atom. The van der Waals surface area contributed by atoms with Crippen molar-refractivity contribution >= 4 is 23.3 Å². The molecule has 1 fully saturated rings. The quantitative estimate of drug-likeness (QED) is 0.808. The fourth-order valence-electron chi connectivity index (χ4n) is 2.50. The fourth-order valence-corrected chi connectivity index (χ4v) is 2.95. The summed E-state index contributed by atoms with van der Waals surface area (Å²) in [4.78, 5) is 7.35. The number of aromatic amines is 1. The molecule has 4 heteroatoms. The SMILES string of the molecule is CC(C)(C1CC1)n1c(=S)[nH]c2cnccc21. The lowest BCUT2D eigenvalue weighted by Gasteiger charge is -2.27. The van der Waals surface area contributed by atoms with Crippen LogP contribution in [0.4, 0.5) is 0 Å². The molecule has 0 saturated heterocycles. The molecule has 2 heterocycles. The summed E-state index contributed by atoms with van der Waals surface area (Å²) in [5.41, 5.74) is 2.30. The predicted octanol–water partition coefficient (Wildman–Crippen LogP) is 3.24. The van der Waals surface area contributed by atoms with Gasteiger partial charge in [-0.3, -0.25) is 4.98 Å². The second-order valence-corrected chi connectivity index (χ2v) is 5.47. The van der Waals surface area contributed by atoms with Crippen LogP contribution in [0.1, 0.15) is 26.7 Å². The third kappa shape index (κ3) is 1.33. The number of rotatable bonds is 2. The highest BCUT2D eigenvalue weighted by Gasteiger charge is 2.40. The number of hydrogen-bond acceptors (Lipinski definition) is 2. The molecule has 3 nitrogen and oxygen atoms in total. The molecule has 1 aliphatic carbocycles. The first kappa shape index (κ1) is 10.0. The first-order chi connectivity index (χ1) is 7.60. The van der Waals surface area contributed by atoms with Gasteiger partial charge in [0.1, 0.15) is 0 Å². The van der Waals surface area contributed by atoms with E-state index in [1.54, 1.807) is 0 Å². The Bertz CT molecular complexity index is 590. The second-order valence-electron chi connectivity index (χ2n) is 5.09. The molecule has 0 aliphatic heterocycles. The summed E-state index contributed by atoms with van der Waals surface area (Å²) in [6.07, 6.45) is 6.29. The molecule has 0 bridgehead atoms. The highest BCUT2D eigenvalue weighted by molar-refractivity contribution is 7.71. The highest BCUT2D eigenvalue weighted by atomic mass is 32.1. The Morgan fingerprint density at radius 3 is 2.94 bits per heavy atom. The molecule has 2 aromatic heterocycles. The first-order valence-electron chi connectivity index (χ1n) is 5.66. The van der Waals surface area contributed by atoms with E-state index in [0.717, 1.165) is 21.7 Å². The number of H-pyrrole nitrogens is 1. The minimum Gasteiger partial charge on any atom is -0.329 e. The summed E-state index contributed by atoms with van der Waals surface area (Å²) in [6.45, 7) is 4.54. The smallest absolute Gasteiger partial charge is 0.178 e. The molecular weight excluding hydrogens is 218 g/mol. The topological polar surface area (TPSA) is 33.6 Å². The van der Waals surface area contributed by atoms with Crippen LogP contribution in [0.3, 0.4) is 0 Å². The lowest BCUT2D eigenvalue weighted by molar-refractivity contribution is 0.310. The van der Waals surface area contributed by atoms with Gasteiger partial charge in [0.2, 0.25) is 0 Å². The molecule has 0 amide bonds. The van der Waals surface area contributed by atoms with E-state index in [9.17, 15) is 0 Å². The van der Waals surface area contributed by atoms with Crippen LogP contribution in [0.25, 0.3) is 11.0 Å². The zero-order valence-corrected chi connectivity index (χ0v) is 10.3. The van der Waals surface area contributed by atoms with Crippen molar-refractivity contribution in [1.29, 1.82) is 0 Å².